The normalized spacial score (nSPS) is 11.9. The standard InChI is InChI=1S/C10H11F3N2O2/c1-14(2)6-7-3-4-8(15(16)17)5-9(7)10(11,12)13/h3-5H,6H2,1-2H3. The van der Waals surface area contributed by atoms with Crippen LogP contribution in [0, 0.1) is 10.1 Å². The van der Waals surface area contributed by atoms with Crippen molar-refractivity contribution in [3.63, 3.8) is 0 Å². The maximum atomic E-state index is 12.7. The van der Waals surface area contributed by atoms with Gasteiger partial charge in [0, 0.05) is 18.7 Å². The van der Waals surface area contributed by atoms with E-state index in [0.717, 1.165) is 12.1 Å². The molecule has 0 saturated carbocycles. The molecule has 0 spiro atoms. The molecule has 0 atom stereocenters. The summed E-state index contributed by atoms with van der Waals surface area (Å²) in [5, 5.41) is 10.4. The summed E-state index contributed by atoms with van der Waals surface area (Å²) in [5.41, 5.74) is -1.49. The average Bonchev–Trinajstić information content (AvgIpc) is 2.15. The third-order valence-corrected chi connectivity index (χ3v) is 2.10. The van der Waals surface area contributed by atoms with Crippen LogP contribution in [-0.2, 0) is 12.7 Å². The van der Waals surface area contributed by atoms with Crippen LogP contribution in [0.25, 0.3) is 0 Å². The number of nitrogens with zero attached hydrogens (tertiary/aromatic N) is 2. The molecule has 17 heavy (non-hydrogen) atoms. The molecule has 4 nitrogen and oxygen atoms in total. The molecule has 1 rings (SSSR count). The SMILES string of the molecule is CN(C)Cc1ccc([N+](=O)[O-])cc1C(F)(F)F. The van der Waals surface area contributed by atoms with E-state index in [1.807, 2.05) is 0 Å². The predicted octanol–water partition coefficient (Wildman–Crippen LogP) is 2.68. The number of non-ortho nitro benzene ring substituents is 1. The van der Waals surface area contributed by atoms with Crippen molar-refractivity contribution < 1.29 is 18.1 Å². The molecule has 0 aliphatic rings. The van der Waals surface area contributed by atoms with Crippen LogP contribution in [0.1, 0.15) is 11.1 Å². The summed E-state index contributed by atoms with van der Waals surface area (Å²) < 4.78 is 38.1. The molecule has 0 unspecified atom stereocenters. The van der Waals surface area contributed by atoms with E-state index < -0.39 is 22.4 Å². The zero-order valence-corrected chi connectivity index (χ0v) is 9.28. The summed E-state index contributed by atoms with van der Waals surface area (Å²) in [6.45, 7) is 0.0762. The summed E-state index contributed by atoms with van der Waals surface area (Å²) in [6.07, 6.45) is -4.59. The van der Waals surface area contributed by atoms with E-state index in [1.54, 1.807) is 19.0 Å². The number of halogens is 3. The van der Waals surface area contributed by atoms with Crippen LogP contribution in [0.4, 0.5) is 18.9 Å². The Kier molecular flexibility index (Phi) is 3.72. The van der Waals surface area contributed by atoms with Gasteiger partial charge in [0.15, 0.2) is 0 Å². The van der Waals surface area contributed by atoms with Gasteiger partial charge >= 0.3 is 6.18 Å². The molecule has 1 aromatic carbocycles. The molecule has 0 aliphatic heterocycles. The third kappa shape index (κ3) is 3.42. The molecular weight excluding hydrogens is 237 g/mol. The Hall–Kier alpha value is -1.63. The van der Waals surface area contributed by atoms with E-state index >= 15 is 0 Å². The van der Waals surface area contributed by atoms with Crippen LogP contribution < -0.4 is 0 Å². The van der Waals surface area contributed by atoms with Crippen molar-refractivity contribution in [2.75, 3.05) is 14.1 Å². The van der Waals surface area contributed by atoms with Crippen molar-refractivity contribution >= 4 is 5.69 Å². The molecule has 0 fully saturated rings. The summed E-state index contributed by atoms with van der Waals surface area (Å²) in [4.78, 5) is 11.2. The van der Waals surface area contributed by atoms with Crippen molar-refractivity contribution in [1.82, 2.24) is 4.90 Å². The first-order valence-electron chi connectivity index (χ1n) is 4.71. The molecule has 94 valence electrons. The van der Waals surface area contributed by atoms with Gasteiger partial charge < -0.3 is 4.90 Å². The van der Waals surface area contributed by atoms with Crippen LogP contribution in [-0.4, -0.2) is 23.9 Å². The average molecular weight is 248 g/mol. The zero-order chi connectivity index (χ0) is 13.2. The Balaban J connectivity index is 3.27. The lowest BCUT2D eigenvalue weighted by Gasteiger charge is -2.15. The smallest absolute Gasteiger partial charge is 0.305 e. The van der Waals surface area contributed by atoms with Crippen molar-refractivity contribution in [3.05, 3.63) is 39.4 Å². The number of rotatable bonds is 3. The van der Waals surface area contributed by atoms with E-state index in [9.17, 15) is 23.3 Å². The monoisotopic (exact) mass is 248 g/mol. The molecule has 7 heteroatoms. The number of nitro benzene ring substituents is 1. The second-order valence-corrected chi connectivity index (χ2v) is 3.83. The Bertz CT molecular complexity index is 430. The van der Waals surface area contributed by atoms with Crippen LogP contribution in [0.3, 0.4) is 0 Å². The number of benzene rings is 1. The second kappa shape index (κ2) is 4.70. The van der Waals surface area contributed by atoms with Crippen LogP contribution in [0.5, 0.6) is 0 Å². The first-order valence-corrected chi connectivity index (χ1v) is 4.71. The Morgan fingerprint density at radius 2 is 1.94 bits per heavy atom. The molecule has 0 N–H and O–H groups in total. The highest BCUT2D eigenvalue weighted by molar-refractivity contribution is 5.41. The minimum absolute atomic E-state index is 0.0214. The van der Waals surface area contributed by atoms with Crippen LogP contribution in [0.15, 0.2) is 18.2 Å². The quantitative estimate of drug-likeness (QED) is 0.610. The van der Waals surface area contributed by atoms with Gasteiger partial charge in [-0.25, -0.2) is 0 Å². The minimum atomic E-state index is -4.59. The van der Waals surface area contributed by atoms with Gasteiger partial charge in [-0.15, -0.1) is 0 Å². The van der Waals surface area contributed by atoms with Crippen molar-refractivity contribution in [1.29, 1.82) is 0 Å². The molecule has 0 saturated heterocycles. The van der Waals surface area contributed by atoms with Gasteiger partial charge in [-0.2, -0.15) is 13.2 Å². The van der Waals surface area contributed by atoms with E-state index in [2.05, 4.69) is 0 Å². The van der Waals surface area contributed by atoms with E-state index in [0.29, 0.717) is 6.07 Å². The first kappa shape index (κ1) is 13.4. The van der Waals surface area contributed by atoms with Gasteiger partial charge in [-0.3, -0.25) is 10.1 Å². The Morgan fingerprint density at radius 3 is 2.35 bits per heavy atom. The highest BCUT2D eigenvalue weighted by Gasteiger charge is 2.34. The lowest BCUT2D eigenvalue weighted by molar-refractivity contribution is -0.385. The fraction of sp³-hybridized carbons (Fsp3) is 0.400. The fourth-order valence-corrected chi connectivity index (χ4v) is 1.42. The maximum Gasteiger partial charge on any atom is 0.416 e. The number of hydrogen-bond donors (Lipinski definition) is 0. The molecule has 0 amide bonds. The molecule has 1 aromatic rings. The second-order valence-electron chi connectivity index (χ2n) is 3.83. The maximum absolute atomic E-state index is 12.7. The molecule has 0 bridgehead atoms. The third-order valence-electron chi connectivity index (χ3n) is 2.10. The van der Waals surface area contributed by atoms with E-state index in [4.69, 9.17) is 0 Å². The lowest BCUT2D eigenvalue weighted by atomic mass is 10.1. The number of alkyl halides is 3. The topological polar surface area (TPSA) is 46.4 Å². The molecule has 0 aromatic heterocycles. The van der Waals surface area contributed by atoms with E-state index in [1.165, 1.54) is 0 Å². The fourth-order valence-electron chi connectivity index (χ4n) is 1.42. The summed E-state index contributed by atoms with van der Waals surface area (Å²) >= 11 is 0. The largest absolute Gasteiger partial charge is 0.416 e. The van der Waals surface area contributed by atoms with Gasteiger partial charge in [-0.05, 0) is 19.7 Å². The van der Waals surface area contributed by atoms with Gasteiger partial charge in [-0.1, -0.05) is 6.07 Å². The summed E-state index contributed by atoms with van der Waals surface area (Å²) in [5.74, 6) is 0. The van der Waals surface area contributed by atoms with Crippen molar-refractivity contribution in [3.8, 4) is 0 Å². The molecule has 0 radical (unpaired) electrons. The molecule has 0 heterocycles. The molecule has 0 aliphatic carbocycles. The lowest BCUT2D eigenvalue weighted by Crippen LogP contribution is -2.16. The zero-order valence-electron chi connectivity index (χ0n) is 9.28. The molecular formula is C10H11F3N2O2. The Labute approximate surface area is 95.8 Å². The predicted molar refractivity (Wildman–Crippen MR) is 55.5 cm³/mol. The number of nitro groups is 1. The summed E-state index contributed by atoms with van der Waals surface area (Å²) in [6, 6.07) is 2.79. The number of hydrogen-bond acceptors (Lipinski definition) is 3. The highest BCUT2D eigenvalue weighted by Crippen LogP contribution is 2.34. The van der Waals surface area contributed by atoms with Crippen LogP contribution >= 0.6 is 0 Å². The van der Waals surface area contributed by atoms with Gasteiger partial charge in [0.25, 0.3) is 5.69 Å². The first-order chi connectivity index (χ1) is 7.71. The Morgan fingerprint density at radius 1 is 1.35 bits per heavy atom. The van der Waals surface area contributed by atoms with Gasteiger partial charge in [0.2, 0.25) is 0 Å². The minimum Gasteiger partial charge on any atom is -0.305 e. The van der Waals surface area contributed by atoms with Gasteiger partial charge in [0.05, 0.1) is 10.5 Å². The van der Waals surface area contributed by atoms with Crippen molar-refractivity contribution in [2.45, 2.75) is 12.7 Å². The van der Waals surface area contributed by atoms with E-state index in [-0.39, 0.29) is 12.1 Å². The van der Waals surface area contributed by atoms with Crippen molar-refractivity contribution in [2.24, 2.45) is 0 Å². The van der Waals surface area contributed by atoms with Gasteiger partial charge in [0.1, 0.15) is 0 Å². The van der Waals surface area contributed by atoms with Crippen LogP contribution in [0.2, 0.25) is 0 Å². The summed E-state index contributed by atoms with van der Waals surface area (Å²) in [7, 11) is 3.25. The highest BCUT2D eigenvalue weighted by atomic mass is 19.4.